The number of carbonyl (C=O) groups excluding carboxylic acids is 4. The second-order valence-electron chi connectivity index (χ2n) is 5.22. The number of carbonyl (C=O) groups is 4. The molecule has 1 fully saturated rings. The van der Waals surface area contributed by atoms with E-state index >= 15 is 0 Å². The summed E-state index contributed by atoms with van der Waals surface area (Å²) in [6.45, 7) is -1.30. The average molecular weight is 365 g/mol. The van der Waals surface area contributed by atoms with Gasteiger partial charge in [-0.1, -0.05) is 0 Å². The molecule has 0 spiro atoms. The number of nitrogens with one attached hydrogen (secondary N) is 1. The van der Waals surface area contributed by atoms with Crippen LogP contribution in [0.2, 0.25) is 0 Å². The van der Waals surface area contributed by atoms with Gasteiger partial charge in [-0.25, -0.2) is 0 Å². The number of hydrogen-bond donors (Lipinski definition) is 1. The number of imide groups is 1. The summed E-state index contributed by atoms with van der Waals surface area (Å²) in [5.74, 6) is -2.48. The number of amides is 3. The number of anilines is 1. The number of esters is 1. The normalized spacial score (nSPS) is 13.5. The quantitative estimate of drug-likeness (QED) is 0.313. The van der Waals surface area contributed by atoms with E-state index in [1.54, 1.807) is 0 Å². The van der Waals surface area contributed by atoms with Crippen LogP contribution < -0.4 is 10.1 Å². The van der Waals surface area contributed by atoms with Gasteiger partial charge in [0.05, 0.1) is 18.1 Å². The molecular formula is C15H15N3O8. The van der Waals surface area contributed by atoms with Crippen molar-refractivity contribution in [2.45, 2.75) is 12.8 Å². The zero-order valence-electron chi connectivity index (χ0n) is 13.7. The Morgan fingerprint density at radius 1 is 1.27 bits per heavy atom. The van der Waals surface area contributed by atoms with Gasteiger partial charge in [0.1, 0.15) is 18.0 Å². The van der Waals surface area contributed by atoms with Gasteiger partial charge in [0.15, 0.2) is 6.61 Å². The Hall–Kier alpha value is -3.50. The van der Waals surface area contributed by atoms with Crippen LogP contribution in [-0.2, 0) is 23.9 Å². The third-order valence-corrected chi connectivity index (χ3v) is 3.48. The van der Waals surface area contributed by atoms with E-state index in [9.17, 15) is 29.3 Å². The summed E-state index contributed by atoms with van der Waals surface area (Å²) in [5, 5.41) is 13.3. The number of methoxy groups -OCH3 is 1. The molecule has 1 aliphatic rings. The molecule has 0 saturated carbocycles. The maximum Gasteiger partial charge on any atom is 0.326 e. The van der Waals surface area contributed by atoms with Gasteiger partial charge in [-0.2, -0.15) is 0 Å². The molecule has 26 heavy (non-hydrogen) atoms. The van der Waals surface area contributed by atoms with Crippen LogP contribution in [0.15, 0.2) is 18.2 Å². The molecule has 138 valence electrons. The summed E-state index contributed by atoms with van der Waals surface area (Å²) in [6.07, 6.45) is 0.0709. The van der Waals surface area contributed by atoms with E-state index in [1.807, 2.05) is 0 Å². The van der Waals surface area contributed by atoms with Gasteiger partial charge >= 0.3 is 5.97 Å². The van der Waals surface area contributed by atoms with Crippen LogP contribution in [-0.4, -0.2) is 53.8 Å². The van der Waals surface area contributed by atoms with Crippen LogP contribution in [0.1, 0.15) is 12.8 Å². The highest BCUT2D eigenvalue weighted by Gasteiger charge is 2.31. The monoisotopic (exact) mass is 365 g/mol. The van der Waals surface area contributed by atoms with E-state index in [1.165, 1.54) is 19.2 Å². The molecule has 1 aliphatic heterocycles. The minimum Gasteiger partial charge on any atom is -0.496 e. The maximum absolute atomic E-state index is 11.8. The fourth-order valence-corrected chi connectivity index (χ4v) is 2.20. The first kappa shape index (κ1) is 18.8. The van der Waals surface area contributed by atoms with Crippen LogP contribution in [0, 0.1) is 10.1 Å². The van der Waals surface area contributed by atoms with E-state index in [0.717, 1.165) is 11.0 Å². The molecule has 1 N–H and O–H groups in total. The van der Waals surface area contributed by atoms with Crippen molar-refractivity contribution in [2.24, 2.45) is 0 Å². The lowest BCUT2D eigenvalue weighted by molar-refractivity contribution is -0.384. The largest absolute Gasteiger partial charge is 0.496 e. The molecule has 11 heteroatoms. The minimum atomic E-state index is -0.937. The molecular weight excluding hydrogens is 350 g/mol. The van der Waals surface area contributed by atoms with Gasteiger partial charge < -0.3 is 14.8 Å². The lowest BCUT2D eigenvalue weighted by Crippen LogP contribution is -2.36. The SMILES string of the molecule is COc1ccc(NC(=O)COC(=O)CN2C(=O)CCC2=O)c([N+](=O)[O-])c1. The van der Waals surface area contributed by atoms with Crippen LogP contribution >= 0.6 is 0 Å². The molecule has 0 bridgehead atoms. The lowest BCUT2D eigenvalue weighted by Gasteiger charge is -2.13. The number of nitrogens with zero attached hydrogens (tertiary/aromatic N) is 2. The Labute approximate surface area is 147 Å². The van der Waals surface area contributed by atoms with Crippen LogP contribution in [0.5, 0.6) is 5.75 Å². The predicted molar refractivity (Wildman–Crippen MR) is 85.2 cm³/mol. The smallest absolute Gasteiger partial charge is 0.326 e. The average Bonchev–Trinajstić information content (AvgIpc) is 2.92. The van der Waals surface area contributed by atoms with Gasteiger partial charge in [0.25, 0.3) is 11.6 Å². The second kappa shape index (κ2) is 8.05. The fraction of sp³-hybridized carbons (Fsp3) is 0.333. The standard InChI is InChI=1S/C15H15N3O8/c1-25-9-2-3-10(11(6-9)18(23)24)16-12(19)8-26-15(22)7-17-13(20)4-5-14(17)21/h2-3,6H,4-5,7-8H2,1H3,(H,16,19). The Kier molecular flexibility index (Phi) is 5.83. The molecule has 0 aliphatic carbocycles. The molecule has 0 atom stereocenters. The van der Waals surface area contributed by atoms with Gasteiger partial charge in [-0.3, -0.25) is 34.2 Å². The summed E-state index contributed by atoms with van der Waals surface area (Å²) < 4.78 is 9.57. The predicted octanol–water partition coefficient (Wildman–Crippen LogP) is 0.234. The van der Waals surface area contributed by atoms with Gasteiger partial charge in [-0.05, 0) is 12.1 Å². The number of nitro groups is 1. The third kappa shape index (κ3) is 4.53. The topological polar surface area (TPSA) is 145 Å². The van der Waals surface area contributed by atoms with E-state index in [-0.39, 0.29) is 24.3 Å². The first-order valence-corrected chi connectivity index (χ1v) is 7.43. The van der Waals surface area contributed by atoms with Gasteiger partial charge in [0, 0.05) is 12.8 Å². The zero-order valence-corrected chi connectivity index (χ0v) is 13.7. The van der Waals surface area contributed by atoms with Crippen LogP contribution in [0.3, 0.4) is 0 Å². The van der Waals surface area contributed by atoms with E-state index in [2.05, 4.69) is 10.1 Å². The second-order valence-corrected chi connectivity index (χ2v) is 5.22. The summed E-state index contributed by atoms with van der Waals surface area (Å²) in [4.78, 5) is 57.3. The number of rotatable bonds is 7. The fourth-order valence-electron chi connectivity index (χ4n) is 2.20. The zero-order chi connectivity index (χ0) is 19.3. The number of likely N-dealkylation sites (tertiary alicyclic amines) is 1. The van der Waals surface area contributed by atoms with E-state index < -0.39 is 47.5 Å². The Morgan fingerprint density at radius 2 is 1.92 bits per heavy atom. The highest BCUT2D eigenvalue weighted by Crippen LogP contribution is 2.28. The number of benzene rings is 1. The number of nitro benzene ring substituents is 1. The highest BCUT2D eigenvalue weighted by atomic mass is 16.6. The van der Waals surface area contributed by atoms with Crippen molar-refractivity contribution in [1.82, 2.24) is 4.90 Å². The van der Waals surface area contributed by atoms with Crippen LogP contribution in [0.25, 0.3) is 0 Å². The third-order valence-electron chi connectivity index (χ3n) is 3.48. The lowest BCUT2D eigenvalue weighted by atomic mass is 10.2. The summed E-state index contributed by atoms with van der Waals surface area (Å²) in [5.41, 5.74) is -0.487. The molecule has 0 unspecified atom stereocenters. The molecule has 0 radical (unpaired) electrons. The van der Waals surface area contributed by atoms with Gasteiger partial charge in [-0.15, -0.1) is 0 Å². The summed E-state index contributed by atoms with van der Waals surface area (Å²) in [7, 11) is 1.34. The first-order chi connectivity index (χ1) is 12.3. The molecule has 11 nitrogen and oxygen atoms in total. The molecule has 1 heterocycles. The van der Waals surface area contributed by atoms with Crippen molar-refractivity contribution in [3.05, 3.63) is 28.3 Å². The molecule has 0 aromatic heterocycles. The van der Waals surface area contributed by atoms with Crippen LogP contribution in [0.4, 0.5) is 11.4 Å². The van der Waals surface area contributed by atoms with E-state index in [0.29, 0.717) is 0 Å². The number of ether oxygens (including phenoxy) is 2. The summed E-state index contributed by atoms with van der Waals surface area (Å²) in [6, 6.07) is 3.82. The molecule has 1 aromatic carbocycles. The Balaban J connectivity index is 1.91. The van der Waals surface area contributed by atoms with Crippen molar-refractivity contribution in [1.29, 1.82) is 0 Å². The molecule has 2 rings (SSSR count). The minimum absolute atomic E-state index is 0.0355. The number of hydrogen-bond acceptors (Lipinski definition) is 8. The van der Waals surface area contributed by atoms with Crippen molar-refractivity contribution in [3.63, 3.8) is 0 Å². The Morgan fingerprint density at radius 3 is 2.50 bits per heavy atom. The summed E-state index contributed by atoms with van der Waals surface area (Å²) >= 11 is 0. The van der Waals surface area contributed by atoms with Crippen molar-refractivity contribution >= 4 is 35.1 Å². The van der Waals surface area contributed by atoms with Crippen molar-refractivity contribution in [2.75, 3.05) is 25.6 Å². The molecule has 1 saturated heterocycles. The first-order valence-electron chi connectivity index (χ1n) is 7.43. The van der Waals surface area contributed by atoms with Gasteiger partial charge in [0.2, 0.25) is 11.8 Å². The Bertz CT molecular complexity index is 760. The molecule has 1 aromatic rings. The highest BCUT2D eigenvalue weighted by molar-refractivity contribution is 6.04. The molecule has 3 amide bonds. The van der Waals surface area contributed by atoms with E-state index in [4.69, 9.17) is 4.74 Å². The van der Waals surface area contributed by atoms with Crippen molar-refractivity contribution in [3.8, 4) is 5.75 Å². The van der Waals surface area contributed by atoms with Crippen molar-refractivity contribution < 1.29 is 33.6 Å². The maximum atomic E-state index is 11.8.